The fraction of sp³-hybridized carbons (Fsp3) is 0.435. The van der Waals surface area contributed by atoms with Gasteiger partial charge in [0.15, 0.2) is 16.6 Å². The maximum absolute atomic E-state index is 12.5. The monoisotopic (exact) mass is 426 g/mol. The number of benzene rings is 1. The molecule has 3 aromatic rings. The third-order valence-corrected chi connectivity index (χ3v) is 5.87. The molecule has 1 N–H and O–H groups in total. The molecule has 7 heteroatoms. The molecule has 0 atom stereocenters. The van der Waals surface area contributed by atoms with Gasteiger partial charge in [0.25, 0.3) is 0 Å². The number of carbonyl (C=O) groups is 1. The largest absolute Gasteiger partial charge is 0.379 e. The molecule has 0 saturated heterocycles. The van der Waals surface area contributed by atoms with Gasteiger partial charge in [-0.2, -0.15) is 5.10 Å². The van der Waals surface area contributed by atoms with Gasteiger partial charge in [-0.05, 0) is 51.2 Å². The Balaban J connectivity index is 1.66. The van der Waals surface area contributed by atoms with Gasteiger partial charge in [0.1, 0.15) is 0 Å². The molecule has 1 aliphatic carbocycles. The highest BCUT2D eigenvalue weighted by atomic mass is 35.5. The van der Waals surface area contributed by atoms with Crippen molar-refractivity contribution in [2.75, 3.05) is 19.0 Å². The molecule has 1 aliphatic rings. The highest BCUT2D eigenvalue weighted by Gasteiger charge is 2.25. The minimum atomic E-state index is -0.331. The van der Waals surface area contributed by atoms with Gasteiger partial charge in [0, 0.05) is 37.3 Å². The van der Waals surface area contributed by atoms with Crippen LogP contribution in [-0.2, 0) is 4.74 Å². The minimum Gasteiger partial charge on any atom is -0.379 e. The summed E-state index contributed by atoms with van der Waals surface area (Å²) in [6, 6.07) is 7.66. The van der Waals surface area contributed by atoms with E-state index in [2.05, 4.69) is 15.4 Å². The third kappa shape index (κ3) is 4.35. The number of nitrogens with one attached hydrogen (secondary N) is 1. The van der Waals surface area contributed by atoms with Crippen LogP contribution in [0.3, 0.4) is 0 Å². The lowest BCUT2D eigenvalue weighted by molar-refractivity contribution is 0.0344. The zero-order chi connectivity index (χ0) is 21.5. The number of ketones is 1. The molecule has 158 valence electrons. The van der Waals surface area contributed by atoms with E-state index >= 15 is 0 Å². The Bertz CT molecular complexity index is 1100. The molecule has 2 aromatic heterocycles. The quantitative estimate of drug-likeness (QED) is 0.503. The maximum atomic E-state index is 12.5. The second-order valence-corrected chi connectivity index (χ2v) is 9.06. The molecule has 0 bridgehead atoms. The van der Waals surface area contributed by atoms with E-state index in [9.17, 15) is 4.79 Å². The number of nitrogens with zero attached hydrogens (tertiary/aromatic N) is 3. The van der Waals surface area contributed by atoms with Crippen molar-refractivity contribution in [3.63, 3.8) is 0 Å². The first-order valence-electron chi connectivity index (χ1n) is 10.2. The van der Waals surface area contributed by atoms with E-state index in [4.69, 9.17) is 16.3 Å². The molecule has 0 radical (unpaired) electrons. The SMILES string of the molecule is COC(C)(C)CNc1cc(Cl)nn2c(-c3ccc(C(=O)CC4CC4)c(C)c3)cnc12. The topological polar surface area (TPSA) is 68.5 Å². The van der Waals surface area contributed by atoms with Crippen molar-refractivity contribution in [1.82, 2.24) is 14.6 Å². The van der Waals surface area contributed by atoms with Gasteiger partial charge in [-0.15, -0.1) is 0 Å². The second kappa shape index (κ2) is 8.00. The number of ether oxygens (including phenoxy) is 1. The molecule has 30 heavy (non-hydrogen) atoms. The Morgan fingerprint density at radius 3 is 2.77 bits per heavy atom. The Labute approximate surface area is 181 Å². The Morgan fingerprint density at radius 2 is 2.10 bits per heavy atom. The van der Waals surface area contributed by atoms with Crippen LogP contribution in [0.2, 0.25) is 5.15 Å². The van der Waals surface area contributed by atoms with Gasteiger partial charge in [-0.3, -0.25) is 4.79 Å². The molecule has 0 aliphatic heterocycles. The molecule has 2 heterocycles. The standard InChI is InChI=1S/C23H27ClN4O2/c1-14-9-16(7-8-17(14)20(29)10-15-5-6-15)19-12-25-22-18(11-21(24)27-28(19)22)26-13-23(2,3)30-4/h7-9,11-12,15,26H,5-6,10,13H2,1-4H3. The minimum absolute atomic E-state index is 0.230. The highest BCUT2D eigenvalue weighted by Crippen LogP contribution is 2.34. The number of Topliss-reactive ketones (excluding diaryl/α,β-unsaturated/α-hetero) is 1. The lowest BCUT2D eigenvalue weighted by atomic mass is 9.98. The predicted octanol–water partition coefficient (Wildman–Crippen LogP) is 5.18. The summed E-state index contributed by atoms with van der Waals surface area (Å²) in [7, 11) is 1.69. The number of imidazole rings is 1. The van der Waals surface area contributed by atoms with Crippen LogP contribution in [0.25, 0.3) is 16.9 Å². The van der Waals surface area contributed by atoms with E-state index in [1.54, 1.807) is 23.9 Å². The molecule has 1 fully saturated rings. The number of methoxy groups -OCH3 is 1. The summed E-state index contributed by atoms with van der Waals surface area (Å²) in [5, 5.41) is 8.19. The van der Waals surface area contributed by atoms with Crippen LogP contribution in [0.1, 0.15) is 49.0 Å². The molecule has 6 nitrogen and oxygen atoms in total. The molecule has 0 spiro atoms. The van der Waals surface area contributed by atoms with E-state index in [0.29, 0.717) is 29.7 Å². The summed E-state index contributed by atoms with van der Waals surface area (Å²) in [4.78, 5) is 17.1. The predicted molar refractivity (Wildman–Crippen MR) is 119 cm³/mol. The number of aromatic nitrogens is 3. The van der Waals surface area contributed by atoms with E-state index in [0.717, 1.165) is 28.1 Å². The van der Waals surface area contributed by atoms with Crippen molar-refractivity contribution in [1.29, 1.82) is 0 Å². The lowest BCUT2D eigenvalue weighted by Gasteiger charge is -2.23. The Hall–Kier alpha value is -2.44. The average molecular weight is 427 g/mol. The van der Waals surface area contributed by atoms with Crippen LogP contribution in [0, 0.1) is 12.8 Å². The first-order chi connectivity index (χ1) is 14.3. The lowest BCUT2D eigenvalue weighted by Crippen LogP contribution is -2.32. The first kappa shape index (κ1) is 20.8. The van der Waals surface area contributed by atoms with Gasteiger partial charge >= 0.3 is 0 Å². The summed E-state index contributed by atoms with van der Waals surface area (Å²) in [6.07, 6.45) is 4.79. The van der Waals surface area contributed by atoms with Crippen molar-refractivity contribution >= 4 is 28.7 Å². The fourth-order valence-corrected chi connectivity index (χ4v) is 3.66. The van der Waals surface area contributed by atoms with Gasteiger partial charge in [0.2, 0.25) is 0 Å². The number of fused-ring (bicyclic) bond motifs is 1. The van der Waals surface area contributed by atoms with Crippen LogP contribution in [-0.4, -0.2) is 39.6 Å². The number of carbonyl (C=O) groups excluding carboxylic acids is 1. The highest BCUT2D eigenvalue weighted by molar-refractivity contribution is 6.29. The third-order valence-electron chi connectivity index (χ3n) is 5.69. The smallest absolute Gasteiger partial charge is 0.177 e. The van der Waals surface area contributed by atoms with Gasteiger partial charge in [0.05, 0.1) is 23.2 Å². The van der Waals surface area contributed by atoms with Crippen molar-refractivity contribution < 1.29 is 9.53 Å². The molecular formula is C23H27ClN4O2. The van der Waals surface area contributed by atoms with Crippen LogP contribution < -0.4 is 5.32 Å². The molecule has 0 unspecified atom stereocenters. The second-order valence-electron chi connectivity index (χ2n) is 8.68. The Kier molecular flexibility index (Phi) is 5.55. The molecule has 1 aromatic carbocycles. The summed E-state index contributed by atoms with van der Waals surface area (Å²) in [5.74, 6) is 0.809. The van der Waals surface area contributed by atoms with Crippen LogP contribution in [0.4, 0.5) is 5.69 Å². The maximum Gasteiger partial charge on any atom is 0.177 e. The molecule has 0 amide bonds. The van der Waals surface area contributed by atoms with Gasteiger partial charge in [-0.25, -0.2) is 9.50 Å². The van der Waals surface area contributed by atoms with E-state index in [1.807, 2.05) is 39.0 Å². The number of rotatable bonds is 8. The number of anilines is 1. The van der Waals surface area contributed by atoms with Crippen molar-refractivity contribution in [2.24, 2.45) is 5.92 Å². The zero-order valence-corrected chi connectivity index (χ0v) is 18.6. The number of hydrogen-bond acceptors (Lipinski definition) is 5. The van der Waals surface area contributed by atoms with Crippen molar-refractivity contribution in [3.8, 4) is 11.3 Å². The molecular weight excluding hydrogens is 400 g/mol. The molecule has 4 rings (SSSR count). The van der Waals surface area contributed by atoms with Gasteiger partial charge in [-0.1, -0.05) is 23.7 Å². The van der Waals surface area contributed by atoms with E-state index < -0.39 is 0 Å². The normalized spacial score (nSPS) is 14.3. The van der Waals surface area contributed by atoms with Crippen LogP contribution >= 0.6 is 11.6 Å². The first-order valence-corrected chi connectivity index (χ1v) is 10.6. The number of aryl methyl sites for hydroxylation is 1. The zero-order valence-electron chi connectivity index (χ0n) is 17.8. The summed E-state index contributed by atoms with van der Waals surface area (Å²) in [5.41, 5.74) is 4.69. The molecule has 1 saturated carbocycles. The fourth-order valence-electron chi connectivity index (χ4n) is 3.48. The van der Waals surface area contributed by atoms with Crippen LogP contribution in [0.15, 0.2) is 30.5 Å². The number of halogens is 1. The van der Waals surface area contributed by atoms with E-state index in [-0.39, 0.29) is 11.4 Å². The summed E-state index contributed by atoms with van der Waals surface area (Å²) in [6.45, 7) is 6.59. The average Bonchev–Trinajstić information content (AvgIpc) is 3.41. The number of hydrogen-bond donors (Lipinski definition) is 1. The summed E-state index contributed by atoms with van der Waals surface area (Å²) < 4.78 is 7.22. The van der Waals surface area contributed by atoms with Crippen molar-refractivity contribution in [2.45, 2.75) is 45.6 Å². The van der Waals surface area contributed by atoms with Gasteiger partial charge < -0.3 is 10.1 Å². The van der Waals surface area contributed by atoms with Crippen molar-refractivity contribution in [3.05, 3.63) is 46.7 Å². The van der Waals surface area contributed by atoms with E-state index in [1.165, 1.54) is 12.8 Å². The summed E-state index contributed by atoms with van der Waals surface area (Å²) >= 11 is 6.30. The van der Waals surface area contributed by atoms with Crippen LogP contribution in [0.5, 0.6) is 0 Å². The Morgan fingerprint density at radius 1 is 1.33 bits per heavy atom.